The maximum Gasteiger partial charge on any atom is 0.387 e. The fourth-order valence-corrected chi connectivity index (χ4v) is 4.71. The first-order chi connectivity index (χ1) is 15.7. The Kier molecular flexibility index (Phi) is 7.45. The predicted octanol–water partition coefficient (Wildman–Crippen LogP) is 3.23. The molecule has 2 aromatic carbocycles. The van der Waals surface area contributed by atoms with Crippen molar-refractivity contribution in [3.8, 4) is 11.5 Å². The van der Waals surface area contributed by atoms with Gasteiger partial charge in [-0.15, -0.1) is 11.3 Å². The van der Waals surface area contributed by atoms with Gasteiger partial charge in [0.05, 0.1) is 18.4 Å². The van der Waals surface area contributed by atoms with Crippen LogP contribution in [-0.2, 0) is 10.0 Å². The Hall–Kier alpha value is -3.71. The number of ether oxygens (including phenoxy) is 2. The summed E-state index contributed by atoms with van der Waals surface area (Å²) in [5, 5.41) is 1.60. The lowest BCUT2D eigenvalue weighted by Crippen LogP contribution is -2.41. The molecule has 0 atom stereocenters. The van der Waals surface area contributed by atoms with Crippen LogP contribution in [0.1, 0.15) is 20.7 Å². The van der Waals surface area contributed by atoms with Gasteiger partial charge in [0.1, 0.15) is 4.21 Å². The molecule has 3 N–H and O–H groups in total. The van der Waals surface area contributed by atoms with E-state index in [1.807, 2.05) is 0 Å². The van der Waals surface area contributed by atoms with E-state index in [1.54, 1.807) is 11.4 Å². The summed E-state index contributed by atoms with van der Waals surface area (Å²) in [4.78, 5) is 25.0. The third kappa shape index (κ3) is 5.96. The second-order valence-corrected chi connectivity index (χ2v) is 9.09. The van der Waals surface area contributed by atoms with Crippen molar-refractivity contribution in [1.82, 2.24) is 10.9 Å². The summed E-state index contributed by atoms with van der Waals surface area (Å²) in [6, 6.07) is 12.3. The Morgan fingerprint density at radius 3 is 2.36 bits per heavy atom. The SMILES string of the molecule is COc1cc(C(=O)NNC(=O)c2ccccc2NS(=O)(=O)c2cccs2)ccc1OC(F)F. The average Bonchev–Trinajstić information content (AvgIpc) is 3.33. The Morgan fingerprint density at radius 1 is 0.970 bits per heavy atom. The molecule has 1 aromatic heterocycles. The van der Waals surface area contributed by atoms with Crippen LogP contribution in [0.4, 0.5) is 14.5 Å². The van der Waals surface area contributed by atoms with E-state index in [0.29, 0.717) is 0 Å². The summed E-state index contributed by atoms with van der Waals surface area (Å²) in [6.45, 7) is -3.07. The van der Waals surface area contributed by atoms with Crippen molar-refractivity contribution in [3.63, 3.8) is 0 Å². The normalized spacial score (nSPS) is 11.0. The number of alkyl halides is 2. The molecular weight excluding hydrogens is 480 g/mol. The van der Waals surface area contributed by atoms with Crippen LogP contribution in [0.25, 0.3) is 0 Å². The number of hydrogen-bond donors (Lipinski definition) is 3. The molecule has 0 spiro atoms. The van der Waals surface area contributed by atoms with E-state index in [2.05, 4.69) is 20.3 Å². The lowest BCUT2D eigenvalue weighted by molar-refractivity contribution is -0.0512. The van der Waals surface area contributed by atoms with Gasteiger partial charge in [-0.1, -0.05) is 18.2 Å². The van der Waals surface area contributed by atoms with Crippen LogP contribution in [0.5, 0.6) is 11.5 Å². The van der Waals surface area contributed by atoms with E-state index in [4.69, 9.17) is 4.74 Å². The number of anilines is 1. The second kappa shape index (κ2) is 10.3. The highest BCUT2D eigenvalue weighted by Gasteiger charge is 2.20. The Morgan fingerprint density at radius 2 is 1.70 bits per heavy atom. The monoisotopic (exact) mass is 497 g/mol. The first-order valence-electron chi connectivity index (χ1n) is 9.10. The zero-order valence-corrected chi connectivity index (χ0v) is 18.5. The van der Waals surface area contributed by atoms with Gasteiger partial charge < -0.3 is 9.47 Å². The maximum atomic E-state index is 12.6. The van der Waals surface area contributed by atoms with E-state index < -0.39 is 28.4 Å². The van der Waals surface area contributed by atoms with Gasteiger partial charge in [-0.2, -0.15) is 8.78 Å². The molecule has 0 saturated carbocycles. The molecule has 0 aliphatic heterocycles. The molecule has 13 heteroatoms. The number of nitrogens with one attached hydrogen (secondary N) is 3. The van der Waals surface area contributed by atoms with E-state index in [1.165, 1.54) is 43.5 Å². The molecule has 1 heterocycles. The van der Waals surface area contributed by atoms with Gasteiger partial charge in [0, 0.05) is 5.56 Å². The van der Waals surface area contributed by atoms with Gasteiger partial charge in [0.25, 0.3) is 21.8 Å². The molecular formula is C20H17F2N3O6S2. The zero-order chi connectivity index (χ0) is 24.0. The molecule has 3 rings (SSSR count). The van der Waals surface area contributed by atoms with Crippen LogP contribution < -0.4 is 25.0 Å². The standard InChI is InChI=1S/C20H17F2N3O6S2/c1-30-16-11-12(8-9-15(16)31-20(21)22)18(26)23-24-19(27)13-5-2-3-6-14(13)25-33(28,29)17-7-4-10-32-17/h2-11,20,25H,1H3,(H,23,26)(H,24,27). The molecule has 9 nitrogen and oxygen atoms in total. The number of amides is 2. The number of hydrogen-bond acceptors (Lipinski definition) is 7. The highest BCUT2D eigenvalue weighted by Crippen LogP contribution is 2.29. The minimum Gasteiger partial charge on any atom is -0.493 e. The van der Waals surface area contributed by atoms with Crippen molar-refractivity contribution in [3.05, 3.63) is 71.1 Å². The summed E-state index contributed by atoms with van der Waals surface area (Å²) in [7, 11) is -2.69. The van der Waals surface area contributed by atoms with Gasteiger partial charge in [-0.05, 0) is 41.8 Å². The minimum atomic E-state index is -3.90. The van der Waals surface area contributed by atoms with Crippen molar-refractivity contribution in [2.75, 3.05) is 11.8 Å². The lowest BCUT2D eigenvalue weighted by Gasteiger charge is -2.13. The minimum absolute atomic E-state index is 0.00724. The maximum absolute atomic E-state index is 12.6. The lowest BCUT2D eigenvalue weighted by atomic mass is 10.2. The van der Waals surface area contributed by atoms with Crippen molar-refractivity contribution in [2.24, 2.45) is 0 Å². The average molecular weight is 498 g/mol. The number of sulfonamides is 1. The smallest absolute Gasteiger partial charge is 0.387 e. The van der Waals surface area contributed by atoms with Crippen LogP contribution >= 0.6 is 11.3 Å². The molecule has 0 fully saturated rings. The molecule has 0 radical (unpaired) electrons. The number of para-hydroxylation sites is 1. The largest absolute Gasteiger partial charge is 0.493 e. The molecule has 0 unspecified atom stereocenters. The third-order valence-electron chi connectivity index (χ3n) is 4.11. The molecule has 174 valence electrons. The van der Waals surface area contributed by atoms with Crippen molar-refractivity contribution >= 4 is 38.9 Å². The van der Waals surface area contributed by atoms with Crippen molar-refractivity contribution in [2.45, 2.75) is 10.8 Å². The number of halogens is 2. The molecule has 0 saturated heterocycles. The number of thiophene rings is 1. The Balaban J connectivity index is 1.71. The zero-order valence-electron chi connectivity index (χ0n) is 16.9. The number of hydrazine groups is 1. The summed E-state index contributed by atoms with van der Waals surface area (Å²) in [5.74, 6) is -1.94. The number of rotatable bonds is 8. The number of methoxy groups -OCH3 is 1. The Bertz CT molecular complexity index is 1250. The third-order valence-corrected chi connectivity index (χ3v) is 6.87. The molecule has 0 bridgehead atoms. The molecule has 2 amide bonds. The fraction of sp³-hybridized carbons (Fsp3) is 0.100. The van der Waals surface area contributed by atoms with Crippen LogP contribution in [0.3, 0.4) is 0 Å². The van der Waals surface area contributed by atoms with Gasteiger partial charge in [-0.3, -0.25) is 25.2 Å². The van der Waals surface area contributed by atoms with E-state index in [0.717, 1.165) is 23.5 Å². The van der Waals surface area contributed by atoms with Crippen molar-refractivity contribution in [1.29, 1.82) is 0 Å². The number of carbonyl (C=O) groups excluding carboxylic acids is 2. The topological polar surface area (TPSA) is 123 Å². The quantitative estimate of drug-likeness (QED) is 0.411. The van der Waals surface area contributed by atoms with Crippen LogP contribution in [0, 0.1) is 0 Å². The highest BCUT2D eigenvalue weighted by atomic mass is 32.2. The molecule has 3 aromatic rings. The van der Waals surface area contributed by atoms with Crippen molar-refractivity contribution < 1.29 is 36.3 Å². The molecule has 0 aliphatic carbocycles. The van der Waals surface area contributed by atoms with Gasteiger partial charge in [0.2, 0.25) is 0 Å². The summed E-state index contributed by atoms with van der Waals surface area (Å²) >= 11 is 1.01. The second-order valence-electron chi connectivity index (χ2n) is 6.24. The number of carbonyl (C=O) groups is 2. The fourth-order valence-electron chi connectivity index (χ4n) is 2.64. The van der Waals surface area contributed by atoms with E-state index in [-0.39, 0.29) is 32.5 Å². The summed E-state index contributed by atoms with van der Waals surface area (Å²) < 4.78 is 61.5. The molecule has 33 heavy (non-hydrogen) atoms. The highest BCUT2D eigenvalue weighted by molar-refractivity contribution is 7.94. The van der Waals surface area contributed by atoms with Gasteiger partial charge >= 0.3 is 6.61 Å². The number of benzene rings is 2. The first-order valence-corrected chi connectivity index (χ1v) is 11.5. The first kappa shape index (κ1) is 23.9. The van der Waals surface area contributed by atoms with Crippen LogP contribution in [0.15, 0.2) is 64.2 Å². The van der Waals surface area contributed by atoms with Crippen LogP contribution in [0.2, 0.25) is 0 Å². The Labute approximate surface area is 191 Å². The summed E-state index contributed by atoms with van der Waals surface area (Å²) in [6.07, 6.45) is 0. The van der Waals surface area contributed by atoms with E-state index in [9.17, 15) is 26.8 Å². The van der Waals surface area contributed by atoms with Gasteiger partial charge in [0.15, 0.2) is 11.5 Å². The molecule has 0 aliphatic rings. The van der Waals surface area contributed by atoms with Crippen LogP contribution in [-0.4, -0.2) is 34.0 Å². The summed E-state index contributed by atoms with van der Waals surface area (Å²) in [5.41, 5.74) is 4.30. The van der Waals surface area contributed by atoms with Gasteiger partial charge in [-0.25, -0.2) is 8.42 Å². The predicted molar refractivity (Wildman–Crippen MR) is 116 cm³/mol. The van der Waals surface area contributed by atoms with E-state index >= 15 is 0 Å².